The molecule has 1 aliphatic carbocycles. The van der Waals surface area contributed by atoms with Crippen LogP contribution in [0, 0.1) is 5.92 Å². The van der Waals surface area contributed by atoms with Gasteiger partial charge in [-0.15, -0.1) is 10.2 Å². The Kier molecular flexibility index (Phi) is 17.8. The molecule has 8 rings (SSSR count). The van der Waals surface area contributed by atoms with Crippen molar-refractivity contribution in [3.63, 3.8) is 0 Å². The van der Waals surface area contributed by atoms with Crippen molar-refractivity contribution in [1.82, 2.24) is 30.1 Å². The molecule has 3 saturated heterocycles. The number of piperidine rings is 1. The van der Waals surface area contributed by atoms with Crippen LogP contribution in [0.4, 0.5) is 17.2 Å². The highest BCUT2D eigenvalue weighted by Gasteiger charge is 2.41. The Balaban J connectivity index is 0.000000187. The molecule has 6 heterocycles. The van der Waals surface area contributed by atoms with Crippen molar-refractivity contribution in [2.75, 3.05) is 75.6 Å². The van der Waals surface area contributed by atoms with Gasteiger partial charge in [0.15, 0.2) is 11.6 Å². The molecule has 4 aromatic rings. The van der Waals surface area contributed by atoms with Gasteiger partial charge in [-0.3, -0.25) is 14.6 Å². The molecule has 4 atom stereocenters. The largest absolute Gasteiger partial charge is 0.507 e. The molecule has 4 aliphatic rings. The third kappa shape index (κ3) is 13.1. The summed E-state index contributed by atoms with van der Waals surface area (Å²) < 4.78 is 21.4. The first kappa shape index (κ1) is 48.9. The smallest absolute Gasteiger partial charge is 0.322 e. The molecule has 3 aliphatic heterocycles. The number of aliphatic hydroxyl groups is 1. The molecule has 0 radical (unpaired) electrons. The fraction of sp³-hybridized carbons (Fsp3) is 0.583. The Morgan fingerprint density at radius 3 is 2.35 bits per heavy atom. The molecular formula is C48H69N9O8. The molecule has 2 bridgehead atoms. The van der Waals surface area contributed by atoms with Crippen LogP contribution < -0.4 is 25.0 Å². The summed E-state index contributed by atoms with van der Waals surface area (Å²) in [5.41, 5.74) is 9.60. The number of aromatic hydroxyl groups is 1. The van der Waals surface area contributed by atoms with E-state index in [4.69, 9.17) is 19.7 Å². The molecule has 1 saturated carbocycles. The fourth-order valence-corrected chi connectivity index (χ4v) is 8.64. The molecular weight excluding hydrogens is 831 g/mol. The SMILES string of the molecule is CC(C)C(C=O)c1cc(OCCN2CCC(O)CC2)no1.CCCN(C)[C@@H](C)C(=O)OC.Nc1nnc(-c2ccccc2O)cc1N1CC2CCC(C1)N2c1ccnc(OC2CCC2)c1. The molecule has 4 fully saturated rings. The lowest BCUT2D eigenvalue weighted by atomic mass is 9.95. The van der Waals surface area contributed by atoms with Gasteiger partial charge in [-0.2, -0.15) is 0 Å². The number of likely N-dealkylation sites (tertiary alicyclic amines) is 1. The number of benzene rings is 1. The summed E-state index contributed by atoms with van der Waals surface area (Å²) in [5, 5.41) is 32.0. The highest BCUT2D eigenvalue weighted by Crippen LogP contribution is 2.40. The number of carbonyl (C=O) groups excluding carboxylic acids is 2. The van der Waals surface area contributed by atoms with Crippen LogP contribution in [0.3, 0.4) is 0 Å². The second-order valence-electron chi connectivity index (χ2n) is 17.8. The number of methoxy groups -OCH3 is 1. The van der Waals surface area contributed by atoms with Crippen molar-refractivity contribution in [2.24, 2.45) is 5.92 Å². The number of anilines is 3. The number of nitrogen functional groups attached to an aromatic ring is 1. The number of aldehydes is 1. The molecule has 17 nitrogen and oxygen atoms in total. The molecule has 3 unspecified atom stereocenters. The zero-order valence-electron chi connectivity index (χ0n) is 38.9. The number of hydrogen-bond acceptors (Lipinski definition) is 17. The number of ether oxygens (including phenoxy) is 3. The first-order chi connectivity index (χ1) is 31.4. The fourth-order valence-electron chi connectivity index (χ4n) is 8.64. The number of phenolic OH excluding ortho intramolecular Hbond substituents is 1. The number of pyridine rings is 1. The van der Waals surface area contributed by atoms with Gasteiger partial charge in [-0.1, -0.05) is 32.9 Å². The van der Waals surface area contributed by atoms with Crippen molar-refractivity contribution in [3.8, 4) is 28.8 Å². The summed E-state index contributed by atoms with van der Waals surface area (Å²) in [5.74, 6) is 2.04. The molecule has 354 valence electrons. The summed E-state index contributed by atoms with van der Waals surface area (Å²) in [6, 6.07) is 15.6. The van der Waals surface area contributed by atoms with Crippen molar-refractivity contribution < 1.29 is 38.5 Å². The zero-order valence-corrected chi connectivity index (χ0v) is 38.9. The van der Waals surface area contributed by atoms with Gasteiger partial charge in [0.1, 0.15) is 30.8 Å². The Labute approximate surface area is 383 Å². The maximum Gasteiger partial charge on any atom is 0.322 e. The maximum atomic E-state index is 11.0. The molecule has 0 amide bonds. The van der Waals surface area contributed by atoms with E-state index < -0.39 is 0 Å². The van der Waals surface area contributed by atoms with Gasteiger partial charge in [-0.25, -0.2) is 4.98 Å². The van der Waals surface area contributed by atoms with E-state index in [1.165, 1.54) is 19.2 Å². The van der Waals surface area contributed by atoms with E-state index in [-0.39, 0.29) is 35.7 Å². The topological polar surface area (TPSA) is 206 Å². The van der Waals surface area contributed by atoms with Gasteiger partial charge in [0, 0.05) is 74.4 Å². The number of esters is 1. The maximum absolute atomic E-state index is 11.0. The van der Waals surface area contributed by atoms with Crippen LogP contribution >= 0.6 is 0 Å². The highest BCUT2D eigenvalue weighted by atomic mass is 16.5. The Morgan fingerprint density at radius 1 is 1.00 bits per heavy atom. The van der Waals surface area contributed by atoms with Crippen LogP contribution in [0.2, 0.25) is 0 Å². The van der Waals surface area contributed by atoms with Gasteiger partial charge >= 0.3 is 5.97 Å². The molecule has 1 aromatic carbocycles. The molecule has 3 aromatic heterocycles. The third-order valence-electron chi connectivity index (χ3n) is 12.9. The minimum Gasteiger partial charge on any atom is -0.507 e. The van der Waals surface area contributed by atoms with Crippen molar-refractivity contribution in [2.45, 2.75) is 115 Å². The number of hydrogen-bond donors (Lipinski definition) is 3. The number of rotatable bonds is 16. The number of likely N-dealkylation sites (N-methyl/N-ethyl adjacent to an activating group) is 1. The number of nitrogens with two attached hydrogens (primary N) is 1. The second-order valence-corrected chi connectivity index (χ2v) is 17.8. The van der Waals surface area contributed by atoms with Crippen LogP contribution in [0.5, 0.6) is 17.5 Å². The molecule has 0 spiro atoms. The molecule has 65 heavy (non-hydrogen) atoms. The van der Waals surface area contributed by atoms with Crippen molar-refractivity contribution >= 4 is 29.4 Å². The normalized spacial score (nSPS) is 19.6. The van der Waals surface area contributed by atoms with Crippen LogP contribution in [0.15, 0.2) is 59.3 Å². The summed E-state index contributed by atoms with van der Waals surface area (Å²) >= 11 is 0. The predicted octanol–water partition coefficient (Wildman–Crippen LogP) is 5.95. The van der Waals surface area contributed by atoms with E-state index in [1.807, 2.05) is 57.1 Å². The molecule has 17 heteroatoms. The predicted molar refractivity (Wildman–Crippen MR) is 249 cm³/mol. The number of para-hydroxylation sites is 1. The average molecular weight is 900 g/mol. The second kappa shape index (κ2) is 23.6. The number of phenols is 1. The summed E-state index contributed by atoms with van der Waals surface area (Å²) in [7, 11) is 3.34. The van der Waals surface area contributed by atoms with E-state index in [2.05, 4.69) is 58.8 Å². The average Bonchev–Trinajstić information content (AvgIpc) is 3.86. The first-order valence-corrected chi connectivity index (χ1v) is 23.2. The lowest BCUT2D eigenvalue weighted by Gasteiger charge is -2.43. The Morgan fingerprint density at radius 2 is 1.72 bits per heavy atom. The van der Waals surface area contributed by atoms with Crippen LogP contribution in [0.25, 0.3) is 11.3 Å². The minimum absolute atomic E-state index is 0.125. The van der Waals surface area contributed by atoms with Gasteiger partial charge in [0.2, 0.25) is 5.88 Å². The van der Waals surface area contributed by atoms with Gasteiger partial charge in [-0.05, 0) is 107 Å². The lowest BCUT2D eigenvalue weighted by molar-refractivity contribution is -0.145. The number of fused-ring (bicyclic) bond motifs is 2. The van der Waals surface area contributed by atoms with Gasteiger partial charge < -0.3 is 49.3 Å². The summed E-state index contributed by atoms with van der Waals surface area (Å²) in [6.07, 6.45) is 11.4. The number of aromatic nitrogens is 4. The summed E-state index contributed by atoms with van der Waals surface area (Å²) in [6.45, 7) is 13.6. The third-order valence-corrected chi connectivity index (χ3v) is 12.9. The number of carbonyl (C=O) groups is 2. The summed E-state index contributed by atoms with van der Waals surface area (Å²) in [4.78, 5) is 35.5. The van der Waals surface area contributed by atoms with E-state index in [0.717, 1.165) is 102 Å². The van der Waals surface area contributed by atoms with Crippen LogP contribution in [0.1, 0.15) is 90.7 Å². The van der Waals surface area contributed by atoms with E-state index >= 15 is 0 Å². The standard InChI is InChI=1S/C25H28N6O2.C15H24N2O4.C8H17NO2/c26-25-22(13-21(28-29-25)20-6-1-2-7-23(20)32)30-14-17-8-9-18(15-30)31(17)16-10-11-27-24(12-16)33-19-4-3-5-19;1-11(2)13(10-18)14-9-15(16-21-14)20-8-7-17-5-3-12(19)4-6-17;1-5-6-9(3)7(2)8(10)11-4/h1-2,6-7,10-13,17-19,32H,3-5,8-9,14-15H2,(H2,26,29);9-13,19H,3-8H2,1-2H3;7H,5-6H2,1-4H3/t;;7-/m..0/s1. The first-order valence-electron chi connectivity index (χ1n) is 23.2. The van der Waals surface area contributed by atoms with E-state index in [9.17, 15) is 19.8 Å². The van der Waals surface area contributed by atoms with Gasteiger partial charge in [0.25, 0.3) is 5.88 Å². The van der Waals surface area contributed by atoms with Crippen molar-refractivity contribution in [1.29, 1.82) is 0 Å². The van der Waals surface area contributed by atoms with E-state index in [1.54, 1.807) is 18.2 Å². The Bertz CT molecular complexity index is 2100. The quantitative estimate of drug-likeness (QED) is 0.0877. The van der Waals surface area contributed by atoms with Crippen molar-refractivity contribution in [3.05, 3.63) is 60.5 Å². The monoisotopic (exact) mass is 900 g/mol. The number of nitrogens with zero attached hydrogens (tertiary/aromatic N) is 8. The Hall–Kier alpha value is -5.52. The van der Waals surface area contributed by atoms with Crippen LogP contribution in [-0.4, -0.2) is 143 Å². The van der Waals surface area contributed by atoms with Gasteiger partial charge in [0.05, 0.1) is 30.5 Å². The highest BCUT2D eigenvalue weighted by molar-refractivity contribution is 5.75. The van der Waals surface area contributed by atoms with E-state index in [0.29, 0.717) is 53.5 Å². The molecule has 4 N–H and O–H groups in total. The number of aliphatic hydroxyl groups excluding tert-OH is 1. The number of piperazine rings is 1. The van der Waals surface area contributed by atoms with Crippen LogP contribution in [-0.2, 0) is 14.3 Å². The zero-order chi connectivity index (χ0) is 46.5. The lowest BCUT2D eigenvalue weighted by Crippen LogP contribution is -2.54. The minimum atomic E-state index is -0.279.